The van der Waals surface area contributed by atoms with Crippen LogP contribution in [0.2, 0.25) is 0 Å². The van der Waals surface area contributed by atoms with E-state index in [2.05, 4.69) is 36.7 Å². The third kappa shape index (κ3) is 13.5. The molecular weight excluding hydrogens is 450 g/mol. The third-order valence-corrected chi connectivity index (χ3v) is 7.18. The number of benzene rings is 1. The van der Waals surface area contributed by atoms with Crippen molar-refractivity contribution in [1.29, 1.82) is 0 Å². The van der Waals surface area contributed by atoms with Gasteiger partial charge in [0.15, 0.2) is 0 Å². The second-order valence-electron chi connectivity index (χ2n) is 8.02. The van der Waals surface area contributed by atoms with Gasteiger partial charge in [-0.3, -0.25) is 0 Å². The van der Waals surface area contributed by atoms with Gasteiger partial charge in [-0.25, -0.2) is 8.42 Å². The van der Waals surface area contributed by atoms with Crippen molar-refractivity contribution in [3.05, 3.63) is 29.8 Å². The van der Waals surface area contributed by atoms with Gasteiger partial charge in [0.25, 0.3) is 0 Å². The Kier molecular flexibility index (Phi) is 16.0. The molecule has 1 aromatic carbocycles. The lowest BCUT2D eigenvalue weighted by Crippen LogP contribution is -2.49. The zero-order valence-electron chi connectivity index (χ0n) is 19.0. The predicted molar refractivity (Wildman–Crippen MR) is 126 cm³/mol. The van der Waals surface area contributed by atoms with Crippen molar-refractivity contribution in [2.24, 2.45) is 0 Å². The number of rotatable bonds is 14. The summed E-state index contributed by atoms with van der Waals surface area (Å²) < 4.78 is 32.5. The fourth-order valence-corrected chi connectivity index (χ4v) is 4.51. The molecule has 0 spiro atoms. The van der Waals surface area contributed by atoms with Gasteiger partial charge in [-0.1, -0.05) is 64.2 Å². The summed E-state index contributed by atoms with van der Waals surface area (Å²) in [7, 11) is -4.27. The molecule has 0 aliphatic carbocycles. The maximum atomic E-state index is 10.4. The molecule has 1 unspecified atom stereocenters. The Morgan fingerprint density at radius 2 is 1.24 bits per heavy atom. The normalized spacial score (nSPS) is 13.4. The number of aryl methyl sites for hydroxylation is 1. The van der Waals surface area contributed by atoms with Crippen LogP contribution in [-0.2, 0) is 10.1 Å². The summed E-state index contributed by atoms with van der Waals surface area (Å²) in [6, 6.07) is 5.78. The Hall–Kier alpha value is -0.430. The first-order valence-electron chi connectivity index (χ1n) is 11.2. The molecule has 1 atom stereocenters. The number of nitrogens with zero attached hydrogens (tertiary/aromatic N) is 1. The van der Waals surface area contributed by atoms with Crippen LogP contribution in [0, 0.1) is 6.92 Å². The van der Waals surface area contributed by atoms with Crippen LogP contribution in [0.25, 0.3) is 0 Å². The maximum Gasteiger partial charge on any atom is 0.134 e. The van der Waals surface area contributed by atoms with Gasteiger partial charge in [0, 0.05) is 0 Å². The van der Waals surface area contributed by atoms with Crippen LogP contribution in [-0.4, -0.2) is 42.5 Å². The Morgan fingerprint density at radius 3 is 1.69 bits per heavy atom. The zero-order valence-corrected chi connectivity index (χ0v) is 21.4. The minimum Gasteiger partial charge on any atom is -0.744 e. The van der Waals surface area contributed by atoms with E-state index in [0.29, 0.717) is 0 Å². The molecule has 0 fully saturated rings. The first-order valence-corrected chi connectivity index (χ1v) is 13.7. The number of alkyl halides is 1. The first-order chi connectivity index (χ1) is 13.7. The van der Waals surface area contributed by atoms with E-state index in [0.717, 1.165) is 11.0 Å². The lowest BCUT2D eigenvalue weighted by atomic mass is 10.1. The maximum absolute atomic E-state index is 10.4. The van der Waals surface area contributed by atoms with E-state index in [-0.39, 0.29) is 4.90 Å². The molecule has 0 aliphatic rings. The molecule has 0 amide bonds. The van der Waals surface area contributed by atoms with Crippen molar-refractivity contribution in [3.8, 4) is 0 Å². The van der Waals surface area contributed by atoms with Crippen LogP contribution in [0.5, 0.6) is 0 Å². The van der Waals surface area contributed by atoms with E-state index >= 15 is 0 Å². The Labute approximate surface area is 188 Å². The van der Waals surface area contributed by atoms with Crippen LogP contribution < -0.4 is 0 Å². The minimum absolute atomic E-state index is 0.178. The largest absolute Gasteiger partial charge is 0.744 e. The minimum atomic E-state index is -4.27. The fraction of sp³-hybridized carbons (Fsp3) is 0.739. The standard InChI is InChI=1S/C16H35BrN.C7H8O3S/c1-4-7-10-12-15-18(16-17,13-9-6-3)14-11-8-5-2;1-6-2-4-7(5-3-6)11(8,9)10/h4-16H2,1-3H3;2-5H,1H3,(H,8,9,10)/q+1;/p-1. The topological polar surface area (TPSA) is 57.2 Å². The molecule has 1 aromatic rings. The lowest BCUT2D eigenvalue weighted by Gasteiger charge is -2.37. The lowest BCUT2D eigenvalue weighted by molar-refractivity contribution is -0.915. The van der Waals surface area contributed by atoms with Crippen LogP contribution in [0.3, 0.4) is 0 Å². The van der Waals surface area contributed by atoms with Crippen molar-refractivity contribution >= 4 is 26.0 Å². The molecule has 0 saturated heterocycles. The summed E-state index contributed by atoms with van der Waals surface area (Å²) >= 11 is 3.80. The van der Waals surface area contributed by atoms with Crippen molar-refractivity contribution in [1.82, 2.24) is 0 Å². The van der Waals surface area contributed by atoms with Crippen molar-refractivity contribution in [2.75, 3.05) is 25.1 Å². The third-order valence-electron chi connectivity index (χ3n) is 5.27. The molecule has 29 heavy (non-hydrogen) atoms. The summed E-state index contributed by atoms with van der Waals surface area (Å²) in [5.74, 6) is 0. The molecule has 0 heterocycles. The highest BCUT2D eigenvalue weighted by atomic mass is 79.9. The van der Waals surface area contributed by atoms with Gasteiger partial charge >= 0.3 is 0 Å². The smallest absolute Gasteiger partial charge is 0.134 e. The number of halogens is 1. The van der Waals surface area contributed by atoms with E-state index < -0.39 is 10.1 Å². The average molecular weight is 493 g/mol. The van der Waals surface area contributed by atoms with Crippen LogP contribution in [0.15, 0.2) is 29.2 Å². The molecule has 0 aliphatic heterocycles. The number of hydrogen-bond donors (Lipinski definition) is 0. The van der Waals surface area contributed by atoms with E-state index in [9.17, 15) is 13.0 Å². The highest BCUT2D eigenvalue weighted by molar-refractivity contribution is 9.09. The second-order valence-corrected chi connectivity index (χ2v) is 9.90. The van der Waals surface area contributed by atoms with Crippen LogP contribution in [0.4, 0.5) is 0 Å². The monoisotopic (exact) mass is 491 g/mol. The van der Waals surface area contributed by atoms with Crippen molar-refractivity contribution in [3.63, 3.8) is 0 Å². The van der Waals surface area contributed by atoms with Gasteiger partial charge in [0.05, 0.1) is 24.5 Å². The molecular formula is C23H42BrNO3S. The van der Waals surface area contributed by atoms with Gasteiger partial charge in [0.1, 0.15) is 15.6 Å². The molecule has 170 valence electrons. The van der Waals surface area contributed by atoms with E-state index in [1.165, 1.54) is 94.0 Å². The molecule has 0 N–H and O–H groups in total. The molecule has 6 heteroatoms. The van der Waals surface area contributed by atoms with E-state index in [1.54, 1.807) is 12.1 Å². The fourth-order valence-electron chi connectivity index (χ4n) is 3.28. The number of unbranched alkanes of at least 4 members (excludes halogenated alkanes) is 6. The number of hydrogen-bond acceptors (Lipinski definition) is 3. The number of quaternary nitrogens is 1. The summed E-state index contributed by atoms with van der Waals surface area (Å²) in [5, 5.41) is 0. The molecule has 1 rings (SSSR count). The van der Waals surface area contributed by atoms with Gasteiger partial charge in [-0.2, -0.15) is 0 Å². The van der Waals surface area contributed by atoms with Gasteiger partial charge in [0.2, 0.25) is 0 Å². The molecule has 0 bridgehead atoms. The summed E-state index contributed by atoms with van der Waals surface area (Å²) in [5.41, 5.74) is 2.08. The molecule has 0 aromatic heterocycles. The highest BCUT2D eigenvalue weighted by Gasteiger charge is 2.24. The molecule has 4 nitrogen and oxygen atoms in total. The zero-order chi connectivity index (χ0) is 22.2. The summed E-state index contributed by atoms with van der Waals surface area (Å²) in [6.07, 6.45) is 12.4. The summed E-state index contributed by atoms with van der Waals surface area (Å²) in [6.45, 7) is 12.9. The van der Waals surface area contributed by atoms with Gasteiger partial charge < -0.3 is 9.04 Å². The van der Waals surface area contributed by atoms with Gasteiger partial charge in [-0.15, -0.1) is 0 Å². The van der Waals surface area contributed by atoms with Gasteiger partial charge in [-0.05, 0) is 67.1 Å². The summed E-state index contributed by atoms with van der Waals surface area (Å²) in [4.78, 5) is -0.178. The highest BCUT2D eigenvalue weighted by Crippen LogP contribution is 2.18. The Bertz CT molecular complexity index is 620. The Balaban J connectivity index is 0.000000604. The predicted octanol–water partition coefficient (Wildman–Crippen LogP) is 6.63. The van der Waals surface area contributed by atoms with Crippen molar-refractivity contribution in [2.45, 2.75) is 90.4 Å². The van der Waals surface area contributed by atoms with E-state index in [1.807, 2.05) is 6.92 Å². The van der Waals surface area contributed by atoms with Crippen LogP contribution >= 0.6 is 15.9 Å². The Morgan fingerprint density at radius 1 is 0.793 bits per heavy atom. The average Bonchev–Trinajstić information content (AvgIpc) is 2.69. The second kappa shape index (κ2) is 16.3. The first kappa shape index (κ1) is 28.6. The quantitative estimate of drug-likeness (QED) is 0.0964. The molecule has 0 radical (unpaired) electrons. The van der Waals surface area contributed by atoms with Crippen LogP contribution in [0.1, 0.15) is 84.1 Å². The van der Waals surface area contributed by atoms with E-state index in [4.69, 9.17) is 0 Å². The van der Waals surface area contributed by atoms with Crippen molar-refractivity contribution < 1.29 is 17.5 Å². The SMILES string of the molecule is CCCCCC[N+](CBr)(CCCC)CCCCC.Cc1ccc(S(=O)(=O)[O-])cc1. The molecule has 0 saturated carbocycles.